The van der Waals surface area contributed by atoms with Gasteiger partial charge in [0.2, 0.25) is 0 Å². The molecule has 2 aromatic rings. The number of nitrogens with two attached hydrogens (primary N) is 1. The summed E-state index contributed by atoms with van der Waals surface area (Å²) >= 11 is 0. The normalized spacial score (nSPS) is 12.2. The predicted octanol–water partition coefficient (Wildman–Crippen LogP) is 1.33. The fourth-order valence-corrected chi connectivity index (χ4v) is 1.70. The minimum absolute atomic E-state index is 0.102. The van der Waals surface area contributed by atoms with Gasteiger partial charge < -0.3 is 20.9 Å². The zero-order chi connectivity index (χ0) is 13.0. The summed E-state index contributed by atoms with van der Waals surface area (Å²) in [4.78, 5) is 13.5. The molecular weight excluding hydrogens is 228 g/mol. The third kappa shape index (κ3) is 3.21. The Bertz CT molecular complexity index is 479. The van der Waals surface area contributed by atoms with E-state index in [-0.39, 0.29) is 6.04 Å². The van der Waals surface area contributed by atoms with Gasteiger partial charge in [-0.1, -0.05) is 0 Å². The highest BCUT2D eigenvalue weighted by molar-refractivity contribution is 5.56. The van der Waals surface area contributed by atoms with Crippen LogP contribution in [0.25, 0.3) is 0 Å². The van der Waals surface area contributed by atoms with E-state index in [2.05, 4.69) is 20.3 Å². The van der Waals surface area contributed by atoms with Crippen molar-refractivity contribution in [1.82, 2.24) is 15.0 Å². The minimum Gasteiger partial charge on any atom is -0.358 e. The molecule has 2 heterocycles. The zero-order valence-corrected chi connectivity index (χ0v) is 10.6. The number of anilines is 3. The molecule has 0 radical (unpaired) electrons. The molecule has 0 aromatic carbocycles. The predicted molar refractivity (Wildman–Crippen MR) is 73.0 cm³/mol. The SMILES string of the molecule is CC(N)CN(C)c1cc(Nc2ccc[nH]2)ncn1. The van der Waals surface area contributed by atoms with E-state index in [0.29, 0.717) is 0 Å². The Balaban J connectivity index is 2.09. The van der Waals surface area contributed by atoms with Crippen molar-refractivity contribution in [3.05, 3.63) is 30.7 Å². The second kappa shape index (κ2) is 5.50. The lowest BCUT2D eigenvalue weighted by Crippen LogP contribution is -2.33. The van der Waals surface area contributed by atoms with E-state index in [0.717, 1.165) is 24.0 Å². The van der Waals surface area contributed by atoms with Crippen LogP contribution in [0.15, 0.2) is 30.7 Å². The van der Waals surface area contributed by atoms with E-state index in [1.807, 2.05) is 43.3 Å². The van der Waals surface area contributed by atoms with Crippen LogP contribution in [0.5, 0.6) is 0 Å². The summed E-state index contributed by atoms with van der Waals surface area (Å²) in [6.45, 7) is 2.72. The maximum Gasteiger partial charge on any atom is 0.136 e. The average Bonchev–Trinajstić information content (AvgIpc) is 2.81. The van der Waals surface area contributed by atoms with Gasteiger partial charge in [0, 0.05) is 31.9 Å². The van der Waals surface area contributed by atoms with Crippen LogP contribution in [-0.2, 0) is 0 Å². The van der Waals surface area contributed by atoms with Crippen molar-refractivity contribution in [1.29, 1.82) is 0 Å². The standard InChI is InChI=1S/C12H18N6/c1-9(13)7-18(2)12-6-11(15-8-16-12)17-10-4-3-5-14-10/h3-6,8-9,14H,7,13H2,1-2H3,(H,15,16,17). The third-order valence-corrected chi connectivity index (χ3v) is 2.47. The number of likely N-dealkylation sites (N-methyl/N-ethyl adjacent to an activating group) is 1. The van der Waals surface area contributed by atoms with Crippen LogP contribution in [0.1, 0.15) is 6.92 Å². The molecule has 0 spiro atoms. The molecule has 2 rings (SSSR count). The summed E-state index contributed by atoms with van der Waals surface area (Å²) in [6.07, 6.45) is 3.39. The molecule has 1 unspecified atom stereocenters. The fourth-order valence-electron chi connectivity index (χ4n) is 1.70. The lowest BCUT2D eigenvalue weighted by atomic mass is 10.3. The van der Waals surface area contributed by atoms with Crippen molar-refractivity contribution in [3.63, 3.8) is 0 Å². The summed E-state index contributed by atoms with van der Waals surface area (Å²) in [5.41, 5.74) is 5.77. The molecule has 2 aromatic heterocycles. The van der Waals surface area contributed by atoms with Gasteiger partial charge in [-0.05, 0) is 19.1 Å². The van der Waals surface area contributed by atoms with Crippen LogP contribution in [0, 0.1) is 0 Å². The number of nitrogens with one attached hydrogen (secondary N) is 2. The number of H-pyrrole nitrogens is 1. The highest BCUT2D eigenvalue weighted by Gasteiger charge is 2.06. The number of aromatic amines is 1. The third-order valence-electron chi connectivity index (χ3n) is 2.47. The molecule has 0 saturated carbocycles. The Morgan fingerprint density at radius 3 is 3.00 bits per heavy atom. The summed E-state index contributed by atoms with van der Waals surface area (Å²) in [5, 5.41) is 3.17. The molecule has 18 heavy (non-hydrogen) atoms. The Morgan fingerprint density at radius 1 is 1.50 bits per heavy atom. The first-order valence-corrected chi connectivity index (χ1v) is 5.84. The van der Waals surface area contributed by atoms with E-state index < -0.39 is 0 Å². The highest BCUT2D eigenvalue weighted by Crippen LogP contribution is 2.16. The molecule has 6 heteroatoms. The lowest BCUT2D eigenvalue weighted by Gasteiger charge is -2.20. The number of hydrogen-bond donors (Lipinski definition) is 3. The Kier molecular flexibility index (Phi) is 3.78. The highest BCUT2D eigenvalue weighted by atomic mass is 15.2. The van der Waals surface area contributed by atoms with Crippen LogP contribution < -0.4 is 16.0 Å². The second-order valence-corrected chi connectivity index (χ2v) is 4.33. The van der Waals surface area contributed by atoms with E-state index in [4.69, 9.17) is 5.73 Å². The van der Waals surface area contributed by atoms with Gasteiger partial charge in [0.1, 0.15) is 23.8 Å². The fraction of sp³-hybridized carbons (Fsp3) is 0.333. The quantitative estimate of drug-likeness (QED) is 0.741. The van der Waals surface area contributed by atoms with Crippen LogP contribution in [0.3, 0.4) is 0 Å². The Labute approximate surface area is 106 Å². The number of nitrogens with zero attached hydrogens (tertiary/aromatic N) is 3. The van der Waals surface area contributed by atoms with Crippen LogP contribution in [0.2, 0.25) is 0 Å². The van der Waals surface area contributed by atoms with Crippen molar-refractivity contribution in [2.24, 2.45) is 5.73 Å². The van der Waals surface area contributed by atoms with E-state index in [9.17, 15) is 0 Å². The summed E-state index contributed by atoms with van der Waals surface area (Å²) in [7, 11) is 1.96. The maximum atomic E-state index is 5.77. The van der Waals surface area contributed by atoms with Gasteiger partial charge in [0.15, 0.2) is 0 Å². The molecule has 1 atom stereocenters. The summed E-state index contributed by atoms with van der Waals surface area (Å²) in [5.74, 6) is 2.49. The number of aromatic nitrogens is 3. The maximum absolute atomic E-state index is 5.77. The van der Waals surface area contributed by atoms with Crippen molar-refractivity contribution in [2.75, 3.05) is 23.8 Å². The molecule has 0 aliphatic carbocycles. The molecule has 0 bridgehead atoms. The van der Waals surface area contributed by atoms with Gasteiger partial charge in [0.05, 0.1) is 0 Å². The summed E-state index contributed by atoms with van der Waals surface area (Å²) < 4.78 is 0. The largest absolute Gasteiger partial charge is 0.358 e. The zero-order valence-electron chi connectivity index (χ0n) is 10.6. The van der Waals surface area contributed by atoms with Gasteiger partial charge in [-0.15, -0.1) is 0 Å². The van der Waals surface area contributed by atoms with Crippen LogP contribution >= 0.6 is 0 Å². The van der Waals surface area contributed by atoms with Gasteiger partial charge in [-0.2, -0.15) is 0 Å². The Morgan fingerprint density at radius 2 is 2.33 bits per heavy atom. The van der Waals surface area contributed by atoms with Gasteiger partial charge >= 0.3 is 0 Å². The van der Waals surface area contributed by atoms with Gasteiger partial charge in [-0.25, -0.2) is 9.97 Å². The number of rotatable bonds is 5. The van der Waals surface area contributed by atoms with Gasteiger partial charge in [0.25, 0.3) is 0 Å². The van der Waals surface area contributed by atoms with Crippen molar-refractivity contribution in [3.8, 4) is 0 Å². The van der Waals surface area contributed by atoms with Crippen molar-refractivity contribution < 1.29 is 0 Å². The summed E-state index contributed by atoms with van der Waals surface area (Å²) in [6, 6.07) is 5.85. The average molecular weight is 246 g/mol. The van der Waals surface area contributed by atoms with E-state index >= 15 is 0 Å². The molecule has 6 nitrogen and oxygen atoms in total. The lowest BCUT2D eigenvalue weighted by molar-refractivity contribution is 0.711. The van der Waals surface area contributed by atoms with Crippen LogP contribution in [-0.4, -0.2) is 34.6 Å². The molecule has 0 saturated heterocycles. The molecule has 4 N–H and O–H groups in total. The van der Waals surface area contributed by atoms with Crippen molar-refractivity contribution in [2.45, 2.75) is 13.0 Å². The van der Waals surface area contributed by atoms with Crippen molar-refractivity contribution >= 4 is 17.5 Å². The van der Waals surface area contributed by atoms with Crippen LogP contribution in [0.4, 0.5) is 17.5 Å². The molecule has 0 aliphatic heterocycles. The monoisotopic (exact) mass is 246 g/mol. The van der Waals surface area contributed by atoms with Gasteiger partial charge in [-0.3, -0.25) is 0 Å². The second-order valence-electron chi connectivity index (χ2n) is 4.33. The molecule has 0 aliphatic rings. The first kappa shape index (κ1) is 12.4. The van der Waals surface area contributed by atoms with E-state index in [1.165, 1.54) is 6.33 Å². The Hall–Kier alpha value is -2.08. The van der Waals surface area contributed by atoms with E-state index in [1.54, 1.807) is 0 Å². The first-order chi connectivity index (χ1) is 8.65. The smallest absolute Gasteiger partial charge is 0.136 e. The topological polar surface area (TPSA) is 82.9 Å². The molecule has 0 amide bonds. The minimum atomic E-state index is 0.102. The first-order valence-electron chi connectivity index (χ1n) is 5.84. The number of hydrogen-bond acceptors (Lipinski definition) is 5. The molecule has 0 fully saturated rings. The molecular formula is C12H18N6. The molecule has 96 valence electrons.